The summed E-state index contributed by atoms with van der Waals surface area (Å²) in [6.45, 7) is 9.47. The van der Waals surface area contributed by atoms with E-state index in [-0.39, 0.29) is 0 Å². The van der Waals surface area contributed by atoms with Crippen LogP contribution >= 0.6 is 11.3 Å². The Morgan fingerprint density at radius 3 is 2.69 bits per heavy atom. The van der Waals surface area contributed by atoms with Gasteiger partial charge in [-0.05, 0) is 82.3 Å². The van der Waals surface area contributed by atoms with Crippen molar-refractivity contribution in [1.82, 2.24) is 19.9 Å². The Labute approximate surface area is 159 Å². The van der Waals surface area contributed by atoms with Gasteiger partial charge in [0, 0.05) is 24.5 Å². The van der Waals surface area contributed by atoms with Crippen molar-refractivity contribution in [3.8, 4) is 0 Å². The summed E-state index contributed by atoms with van der Waals surface area (Å²) in [7, 11) is 0. The molecule has 0 aromatic carbocycles. The predicted octanol–water partition coefficient (Wildman–Crippen LogP) is 4.47. The number of rotatable bonds is 4. The second-order valence-corrected chi connectivity index (χ2v) is 8.80. The second-order valence-electron chi connectivity index (χ2n) is 7.56. The average molecular weight is 367 g/mol. The number of hydrogen-bond donors (Lipinski definition) is 0. The smallest absolute Gasteiger partial charge is 0.170 e. The highest BCUT2D eigenvalue weighted by molar-refractivity contribution is 7.18. The molecule has 4 heterocycles. The topological polar surface area (TPSA) is 41.9 Å². The summed E-state index contributed by atoms with van der Waals surface area (Å²) in [5.74, 6) is 0.718. The van der Waals surface area contributed by atoms with Gasteiger partial charge in [-0.3, -0.25) is 9.88 Å². The van der Waals surface area contributed by atoms with E-state index < -0.39 is 0 Å². The van der Waals surface area contributed by atoms with Crippen molar-refractivity contribution in [2.24, 2.45) is 5.92 Å². The molecule has 26 heavy (non-hydrogen) atoms. The fourth-order valence-electron chi connectivity index (χ4n) is 4.12. The first-order valence-corrected chi connectivity index (χ1v) is 10.3. The summed E-state index contributed by atoms with van der Waals surface area (Å²) in [4.78, 5) is 16.4. The van der Waals surface area contributed by atoms with Crippen LogP contribution in [0.5, 0.6) is 0 Å². The third-order valence-corrected chi connectivity index (χ3v) is 6.00. The van der Waals surface area contributed by atoms with Gasteiger partial charge in [-0.2, -0.15) is 0 Å². The molecule has 3 aromatic heterocycles. The predicted molar refractivity (Wildman–Crippen MR) is 108 cm³/mol. The standard InChI is InChI=1S/C21H26N4S/c1-14-9-18(10-15(2)22-14)11-17-5-4-8-25(12-17)13-19-6-7-20-21(24-19)23-16(3)26-20/h6-7,9-10,17H,4-5,8,11-13H2,1-3H3/t17-/m1/s1. The molecule has 1 fully saturated rings. The lowest BCUT2D eigenvalue weighted by atomic mass is 9.91. The first-order chi connectivity index (χ1) is 12.5. The molecule has 4 nitrogen and oxygen atoms in total. The fourth-order valence-corrected chi connectivity index (χ4v) is 4.89. The van der Waals surface area contributed by atoms with Crippen molar-refractivity contribution in [2.45, 2.75) is 46.6 Å². The molecule has 0 aliphatic carbocycles. The Morgan fingerprint density at radius 2 is 1.88 bits per heavy atom. The molecule has 3 aromatic rings. The van der Waals surface area contributed by atoms with E-state index in [9.17, 15) is 0 Å². The molecule has 0 amide bonds. The van der Waals surface area contributed by atoms with E-state index in [0.717, 1.165) is 53.2 Å². The van der Waals surface area contributed by atoms with Crippen molar-refractivity contribution < 1.29 is 0 Å². The number of likely N-dealkylation sites (tertiary alicyclic amines) is 1. The van der Waals surface area contributed by atoms with Gasteiger partial charge in [0.1, 0.15) is 0 Å². The van der Waals surface area contributed by atoms with Crippen LogP contribution in [0.1, 0.15) is 40.5 Å². The largest absolute Gasteiger partial charge is 0.297 e. The maximum Gasteiger partial charge on any atom is 0.170 e. The molecule has 0 N–H and O–H groups in total. The normalized spacial score (nSPS) is 18.5. The minimum atomic E-state index is 0.718. The Hall–Kier alpha value is -1.85. The van der Waals surface area contributed by atoms with Crippen LogP contribution in [0, 0.1) is 26.7 Å². The van der Waals surface area contributed by atoms with E-state index >= 15 is 0 Å². The third-order valence-electron chi connectivity index (χ3n) is 5.07. The van der Waals surface area contributed by atoms with Gasteiger partial charge in [0.15, 0.2) is 5.65 Å². The molecular weight excluding hydrogens is 340 g/mol. The molecule has 0 bridgehead atoms. The molecular formula is C21H26N4S. The lowest BCUT2D eigenvalue weighted by Gasteiger charge is -2.32. The lowest BCUT2D eigenvalue weighted by molar-refractivity contribution is 0.165. The van der Waals surface area contributed by atoms with Gasteiger partial charge in [-0.1, -0.05) is 0 Å². The maximum absolute atomic E-state index is 4.77. The van der Waals surface area contributed by atoms with E-state index in [4.69, 9.17) is 4.98 Å². The van der Waals surface area contributed by atoms with Crippen LogP contribution in [0.3, 0.4) is 0 Å². The van der Waals surface area contributed by atoms with Gasteiger partial charge < -0.3 is 0 Å². The van der Waals surface area contributed by atoms with E-state index in [1.54, 1.807) is 11.3 Å². The summed E-state index contributed by atoms with van der Waals surface area (Å²) in [5, 5.41) is 1.09. The van der Waals surface area contributed by atoms with Crippen molar-refractivity contribution in [1.29, 1.82) is 0 Å². The summed E-state index contributed by atoms with van der Waals surface area (Å²) < 4.78 is 1.19. The highest BCUT2D eigenvalue weighted by Gasteiger charge is 2.21. The van der Waals surface area contributed by atoms with Crippen LogP contribution in [0.25, 0.3) is 10.3 Å². The van der Waals surface area contributed by atoms with Crippen LogP contribution in [-0.2, 0) is 13.0 Å². The minimum absolute atomic E-state index is 0.718. The van der Waals surface area contributed by atoms with E-state index in [1.165, 1.54) is 29.6 Å². The van der Waals surface area contributed by atoms with Crippen LogP contribution in [0.15, 0.2) is 24.3 Å². The van der Waals surface area contributed by atoms with Crippen molar-refractivity contribution in [2.75, 3.05) is 13.1 Å². The number of piperidine rings is 1. The number of pyridine rings is 2. The second kappa shape index (κ2) is 7.41. The SMILES string of the molecule is Cc1cc(C[C@H]2CCCN(Cc3ccc4sc(C)nc4n3)C2)cc(C)n1. The van der Waals surface area contributed by atoms with Gasteiger partial charge in [0.2, 0.25) is 0 Å². The number of thiazole rings is 1. The maximum atomic E-state index is 4.77. The molecule has 136 valence electrons. The summed E-state index contributed by atoms with van der Waals surface area (Å²) in [6, 6.07) is 8.82. The van der Waals surface area contributed by atoms with Gasteiger partial charge in [0.25, 0.3) is 0 Å². The van der Waals surface area contributed by atoms with Crippen molar-refractivity contribution >= 4 is 21.7 Å². The summed E-state index contributed by atoms with van der Waals surface area (Å²) in [6.07, 6.45) is 3.73. The first-order valence-electron chi connectivity index (χ1n) is 9.45. The number of fused-ring (bicyclic) bond motifs is 1. The Kier molecular flexibility index (Phi) is 5.00. The van der Waals surface area contributed by atoms with Crippen LogP contribution < -0.4 is 0 Å². The molecule has 5 heteroatoms. The first kappa shape index (κ1) is 17.6. The average Bonchev–Trinajstić information content (AvgIpc) is 2.93. The molecule has 1 saturated heterocycles. The zero-order valence-electron chi connectivity index (χ0n) is 15.8. The Morgan fingerprint density at radius 1 is 1.08 bits per heavy atom. The quantitative estimate of drug-likeness (QED) is 0.683. The zero-order valence-corrected chi connectivity index (χ0v) is 16.6. The van der Waals surface area contributed by atoms with Crippen LogP contribution in [-0.4, -0.2) is 32.9 Å². The van der Waals surface area contributed by atoms with Crippen molar-refractivity contribution in [3.05, 3.63) is 51.9 Å². The summed E-state index contributed by atoms with van der Waals surface area (Å²) in [5.41, 5.74) is 5.73. The van der Waals surface area contributed by atoms with E-state index in [0.29, 0.717) is 0 Å². The molecule has 0 radical (unpaired) electrons. The summed E-state index contributed by atoms with van der Waals surface area (Å²) >= 11 is 1.72. The van der Waals surface area contributed by atoms with Gasteiger partial charge in [-0.25, -0.2) is 9.97 Å². The van der Waals surface area contributed by atoms with Crippen LogP contribution in [0.2, 0.25) is 0 Å². The Balaban J connectivity index is 1.42. The minimum Gasteiger partial charge on any atom is -0.297 e. The number of aromatic nitrogens is 3. The molecule has 1 atom stereocenters. The third kappa shape index (κ3) is 4.10. The fraction of sp³-hybridized carbons (Fsp3) is 0.476. The molecule has 0 saturated carbocycles. The highest BCUT2D eigenvalue weighted by atomic mass is 32.1. The molecule has 1 aliphatic rings. The van der Waals surface area contributed by atoms with Crippen LogP contribution in [0.4, 0.5) is 0 Å². The van der Waals surface area contributed by atoms with E-state index in [2.05, 4.69) is 53.0 Å². The lowest BCUT2D eigenvalue weighted by Crippen LogP contribution is -2.36. The number of nitrogens with zero attached hydrogens (tertiary/aromatic N) is 4. The van der Waals surface area contributed by atoms with E-state index in [1.807, 2.05) is 6.92 Å². The molecule has 1 aliphatic heterocycles. The van der Waals surface area contributed by atoms with Crippen molar-refractivity contribution in [3.63, 3.8) is 0 Å². The van der Waals surface area contributed by atoms with Gasteiger partial charge in [-0.15, -0.1) is 11.3 Å². The molecule has 4 rings (SSSR count). The number of hydrogen-bond acceptors (Lipinski definition) is 5. The van der Waals surface area contributed by atoms with Gasteiger partial charge in [0.05, 0.1) is 15.4 Å². The zero-order chi connectivity index (χ0) is 18.1. The Bertz CT molecular complexity index is 897. The molecule has 0 unspecified atom stereocenters. The van der Waals surface area contributed by atoms with Gasteiger partial charge >= 0.3 is 0 Å². The highest BCUT2D eigenvalue weighted by Crippen LogP contribution is 2.24. The monoisotopic (exact) mass is 366 g/mol. The molecule has 0 spiro atoms. The number of aryl methyl sites for hydroxylation is 3.